The third-order valence-electron chi connectivity index (χ3n) is 4.10. The largest absolute Gasteiger partial charge is 0.484 e. The fourth-order valence-electron chi connectivity index (χ4n) is 2.75. The summed E-state index contributed by atoms with van der Waals surface area (Å²) in [5, 5.41) is 3.05. The van der Waals surface area contributed by atoms with E-state index in [4.69, 9.17) is 4.74 Å². The van der Waals surface area contributed by atoms with Gasteiger partial charge in [0.2, 0.25) is 0 Å². The topological polar surface area (TPSA) is 38.3 Å². The molecule has 0 aromatic heterocycles. The number of nitrogens with one attached hydrogen (secondary N) is 1. The molecule has 1 aliphatic rings. The van der Waals surface area contributed by atoms with Gasteiger partial charge in [-0.3, -0.25) is 4.79 Å². The van der Waals surface area contributed by atoms with Crippen LogP contribution in [0.2, 0.25) is 0 Å². The van der Waals surface area contributed by atoms with Crippen molar-refractivity contribution in [2.24, 2.45) is 0 Å². The number of hydrogen-bond donors (Lipinski definition) is 1. The molecule has 0 unspecified atom stereocenters. The maximum Gasteiger partial charge on any atom is 0.258 e. The smallest absolute Gasteiger partial charge is 0.258 e. The summed E-state index contributed by atoms with van der Waals surface area (Å²) in [6.45, 7) is -0.0209. The fraction of sp³-hybridized carbons (Fsp3) is 0.278. The molecule has 4 heteroatoms. The van der Waals surface area contributed by atoms with Crippen molar-refractivity contribution in [1.82, 2.24) is 5.32 Å². The van der Waals surface area contributed by atoms with Crippen LogP contribution >= 0.6 is 0 Å². The van der Waals surface area contributed by atoms with E-state index < -0.39 is 0 Å². The molecule has 3 rings (SSSR count). The monoisotopic (exact) mass is 299 g/mol. The number of ether oxygens (including phenoxy) is 1. The van der Waals surface area contributed by atoms with E-state index in [1.54, 1.807) is 12.1 Å². The van der Waals surface area contributed by atoms with Crippen molar-refractivity contribution in [1.29, 1.82) is 0 Å². The first-order chi connectivity index (χ1) is 10.7. The molecule has 0 atom stereocenters. The Morgan fingerprint density at radius 3 is 2.36 bits per heavy atom. The molecule has 1 saturated carbocycles. The summed E-state index contributed by atoms with van der Waals surface area (Å²) in [6.07, 6.45) is 2.79. The van der Waals surface area contributed by atoms with Gasteiger partial charge in [0.05, 0.1) is 5.54 Å². The quantitative estimate of drug-likeness (QED) is 0.919. The number of para-hydroxylation sites is 1. The van der Waals surface area contributed by atoms with E-state index in [0.717, 1.165) is 24.8 Å². The Kier molecular flexibility index (Phi) is 4.09. The summed E-state index contributed by atoms with van der Waals surface area (Å²) in [7, 11) is 0. The minimum Gasteiger partial charge on any atom is -0.484 e. The third kappa shape index (κ3) is 3.11. The van der Waals surface area contributed by atoms with Crippen molar-refractivity contribution in [3.05, 3.63) is 66.0 Å². The highest BCUT2D eigenvalue weighted by atomic mass is 19.1. The van der Waals surface area contributed by atoms with Crippen molar-refractivity contribution < 1.29 is 13.9 Å². The minimum atomic E-state index is -0.370. The van der Waals surface area contributed by atoms with Crippen molar-refractivity contribution in [3.8, 4) is 5.75 Å². The molecule has 0 bridgehead atoms. The molecule has 0 radical (unpaired) electrons. The highest BCUT2D eigenvalue weighted by molar-refractivity contribution is 5.78. The first kappa shape index (κ1) is 14.6. The maximum absolute atomic E-state index is 13.1. The van der Waals surface area contributed by atoms with E-state index >= 15 is 0 Å². The standard InChI is InChI=1S/C18H18FNO2/c19-15-9-7-14(8-10-15)18(11-4-12-18)20-17(21)13-22-16-5-2-1-3-6-16/h1-3,5-10H,4,11-13H2,(H,20,21). The molecule has 1 fully saturated rings. The summed E-state index contributed by atoms with van der Waals surface area (Å²) in [5.74, 6) is 0.243. The van der Waals surface area contributed by atoms with Crippen LogP contribution in [0.15, 0.2) is 54.6 Å². The van der Waals surface area contributed by atoms with E-state index in [2.05, 4.69) is 5.32 Å². The number of benzene rings is 2. The molecular formula is C18H18FNO2. The second-order valence-electron chi connectivity index (χ2n) is 5.59. The Bertz CT molecular complexity index is 636. The zero-order valence-corrected chi connectivity index (χ0v) is 12.2. The molecule has 22 heavy (non-hydrogen) atoms. The lowest BCUT2D eigenvalue weighted by atomic mass is 9.72. The average molecular weight is 299 g/mol. The van der Waals surface area contributed by atoms with Gasteiger partial charge in [-0.1, -0.05) is 30.3 Å². The molecular weight excluding hydrogens is 281 g/mol. The van der Waals surface area contributed by atoms with E-state index in [1.807, 2.05) is 30.3 Å². The van der Waals surface area contributed by atoms with Crippen molar-refractivity contribution in [2.45, 2.75) is 24.8 Å². The first-order valence-corrected chi connectivity index (χ1v) is 7.43. The van der Waals surface area contributed by atoms with Gasteiger partial charge in [0.25, 0.3) is 5.91 Å². The van der Waals surface area contributed by atoms with Gasteiger partial charge in [0, 0.05) is 0 Å². The molecule has 0 saturated heterocycles. The molecule has 114 valence electrons. The van der Waals surface area contributed by atoms with Crippen LogP contribution in [0, 0.1) is 5.82 Å². The minimum absolute atomic E-state index is 0.0209. The highest BCUT2D eigenvalue weighted by Gasteiger charge is 2.39. The lowest BCUT2D eigenvalue weighted by molar-refractivity contribution is -0.126. The van der Waals surface area contributed by atoms with E-state index in [9.17, 15) is 9.18 Å². The molecule has 2 aromatic carbocycles. The van der Waals surface area contributed by atoms with Gasteiger partial charge in [0.15, 0.2) is 6.61 Å². The number of hydrogen-bond acceptors (Lipinski definition) is 2. The predicted octanol–water partition coefficient (Wildman–Crippen LogP) is 3.40. The molecule has 3 nitrogen and oxygen atoms in total. The number of carbonyl (C=O) groups excluding carboxylic acids is 1. The van der Waals surface area contributed by atoms with Crippen LogP contribution in [0.1, 0.15) is 24.8 Å². The summed E-state index contributed by atoms with van der Waals surface area (Å²) >= 11 is 0. The van der Waals surface area contributed by atoms with Gasteiger partial charge in [0.1, 0.15) is 11.6 Å². The number of amides is 1. The number of carbonyl (C=O) groups is 1. The molecule has 0 heterocycles. The maximum atomic E-state index is 13.1. The van der Waals surface area contributed by atoms with Crippen LogP contribution in [0.4, 0.5) is 4.39 Å². The predicted molar refractivity (Wildman–Crippen MR) is 82.0 cm³/mol. The summed E-state index contributed by atoms with van der Waals surface area (Å²) < 4.78 is 18.5. The average Bonchev–Trinajstić information content (AvgIpc) is 2.51. The Morgan fingerprint density at radius 2 is 1.77 bits per heavy atom. The highest BCUT2D eigenvalue weighted by Crippen LogP contribution is 2.41. The van der Waals surface area contributed by atoms with E-state index in [0.29, 0.717) is 5.75 Å². The normalized spacial score (nSPS) is 15.7. The molecule has 1 amide bonds. The van der Waals surface area contributed by atoms with Gasteiger partial charge >= 0.3 is 0 Å². The van der Waals surface area contributed by atoms with Gasteiger partial charge in [-0.2, -0.15) is 0 Å². The van der Waals surface area contributed by atoms with Crippen LogP contribution in [0.5, 0.6) is 5.75 Å². The Hall–Kier alpha value is -2.36. The molecule has 1 aliphatic carbocycles. The van der Waals surface area contributed by atoms with Crippen LogP contribution in [-0.4, -0.2) is 12.5 Å². The Balaban J connectivity index is 1.62. The molecule has 2 aromatic rings. The lowest BCUT2D eigenvalue weighted by Gasteiger charge is -2.43. The van der Waals surface area contributed by atoms with Crippen LogP contribution in [-0.2, 0) is 10.3 Å². The second-order valence-corrected chi connectivity index (χ2v) is 5.59. The third-order valence-corrected chi connectivity index (χ3v) is 4.10. The zero-order valence-electron chi connectivity index (χ0n) is 12.2. The van der Waals surface area contributed by atoms with Crippen molar-refractivity contribution >= 4 is 5.91 Å². The second kappa shape index (κ2) is 6.18. The number of rotatable bonds is 5. The zero-order chi connectivity index (χ0) is 15.4. The molecule has 0 spiro atoms. The van der Waals surface area contributed by atoms with Crippen LogP contribution in [0.3, 0.4) is 0 Å². The van der Waals surface area contributed by atoms with E-state index in [-0.39, 0.29) is 23.9 Å². The fourth-order valence-corrected chi connectivity index (χ4v) is 2.75. The lowest BCUT2D eigenvalue weighted by Crippen LogP contribution is -2.52. The SMILES string of the molecule is O=C(COc1ccccc1)NC1(c2ccc(F)cc2)CCC1. The van der Waals surface area contributed by atoms with Crippen molar-refractivity contribution in [2.75, 3.05) is 6.61 Å². The van der Waals surface area contributed by atoms with Gasteiger partial charge in [-0.05, 0) is 49.1 Å². The molecule has 0 aliphatic heterocycles. The van der Waals surface area contributed by atoms with Crippen LogP contribution < -0.4 is 10.1 Å². The van der Waals surface area contributed by atoms with Crippen LogP contribution in [0.25, 0.3) is 0 Å². The van der Waals surface area contributed by atoms with E-state index in [1.165, 1.54) is 12.1 Å². The molecule has 1 N–H and O–H groups in total. The first-order valence-electron chi connectivity index (χ1n) is 7.43. The van der Waals surface area contributed by atoms with Gasteiger partial charge in [-0.15, -0.1) is 0 Å². The van der Waals surface area contributed by atoms with Crippen molar-refractivity contribution in [3.63, 3.8) is 0 Å². The summed E-state index contributed by atoms with van der Waals surface area (Å²) in [5.41, 5.74) is 0.582. The summed E-state index contributed by atoms with van der Waals surface area (Å²) in [6, 6.07) is 15.6. The van der Waals surface area contributed by atoms with Gasteiger partial charge < -0.3 is 10.1 Å². The Labute approximate surface area is 129 Å². The summed E-state index contributed by atoms with van der Waals surface area (Å²) in [4.78, 5) is 12.2. The van der Waals surface area contributed by atoms with Gasteiger partial charge in [-0.25, -0.2) is 4.39 Å². The Morgan fingerprint density at radius 1 is 1.09 bits per heavy atom. The number of halogens is 1.